The lowest BCUT2D eigenvalue weighted by molar-refractivity contribution is 0.416. The molecular weight excluding hydrogens is 194 g/mol. The number of methoxy groups -OCH3 is 1. The number of rotatable bonds is 2. The van der Waals surface area contributed by atoms with E-state index in [0.29, 0.717) is 0 Å². The van der Waals surface area contributed by atoms with E-state index in [4.69, 9.17) is 4.74 Å². The van der Waals surface area contributed by atoms with Gasteiger partial charge in [-0.3, -0.25) is 0 Å². The van der Waals surface area contributed by atoms with Gasteiger partial charge >= 0.3 is 0 Å². The molecule has 0 aliphatic heterocycles. The van der Waals surface area contributed by atoms with Crippen molar-refractivity contribution < 1.29 is 4.74 Å². The van der Waals surface area contributed by atoms with Crippen LogP contribution in [-0.4, -0.2) is 12.1 Å². The number of ether oxygens (including phenoxy) is 1. The van der Waals surface area contributed by atoms with Gasteiger partial charge < -0.3 is 4.74 Å². The Kier molecular flexibility index (Phi) is 2.50. The molecule has 3 heteroatoms. The highest BCUT2D eigenvalue weighted by Gasteiger charge is 2.09. The molecule has 0 bridgehead atoms. The van der Waals surface area contributed by atoms with E-state index >= 15 is 0 Å². The van der Waals surface area contributed by atoms with E-state index in [1.54, 1.807) is 7.11 Å². The number of aromatic nitrogens is 1. The zero-order valence-corrected chi connectivity index (χ0v) is 8.89. The van der Waals surface area contributed by atoms with Crippen LogP contribution in [-0.2, 0) is 0 Å². The van der Waals surface area contributed by atoms with Crippen molar-refractivity contribution in [1.82, 2.24) is 4.98 Å². The molecule has 1 heterocycles. The van der Waals surface area contributed by atoms with E-state index in [1.807, 2.05) is 31.2 Å². The molecule has 71 valence electrons. The van der Waals surface area contributed by atoms with Gasteiger partial charge in [-0.1, -0.05) is 12.1 Å². The van der Waals surface area contributed by atoms with Gasteiger partial charge in [0, 0.05) is 5.56 Å². The number of nitrogens with zero attached hydrogens (tertiary/aromatic N) is 1. The summed E-state index contributed by atoms with van der Waals surface area (Å²) < 4.78 is 5.29. The van der Waals surface area contributed by atoms with Crippen LogP contribution in [0.5, 0.6) is 5.75 Å². The van der Waals surface area contributed by atoms with Crippen molar-refractivity contribution in [3.05, 3.63) is 35.5 Å². The third-order valence-electron chi connectivity index (χ3n) is 2.04. The first-order valence-corrected chi connectivity index (χ1v) is 5.11. The molecule has 1 aromatic heterocycles. The molecule has 2 aromatic rings. The van der Waals surface area contributed by atoms with Crippen molar-refractivity contribution >= 4 is 11.3 Å². The normalized spacial score (nSPS) is 10.1. The number of hydrogen-bond donors (Lipinski definition) is 0. The minimum atomic E-state index is 0.883. The average Bonchev–Trinajstić information content (AvgIpc) is 2.64. The molecule has 0 spiro atoms. The highest BCUT2D eigenvalue weighted by atomic mass is 32.1. The van der Waals surface area contributed by atoms with Crippen molar-refractivity contribution in [2.75, 3.05) is 7.11 Å². The number of aryl methyl sites for hydroxylation is 1. The highest BCUT2D eigenvalue weighted by Crippen LogP contribution is 2.33. The number of hydrogen-bond acceptors (Lipinski definition) is 3. The Bertz CT molecular complexity index is 436. The van der Waals surface area contributed by atoms with E-state index in [-0.39, 0.29) is 0 Å². The van der Waals surface area contributed by atoms with E-state index in [2.05, 4.69) is 10.5 Å². The van der Waals surface area contributed by atoms with Crippen molar-refractivity contribution in [2.45, 2.75) is 6.92 Å². The predicted octanol–water partition coefficient (Wildman–Crippen LogP) is 2.93. The molecule has 14 heavy (non-hydrogen) atoms. The summed E-state index contributed by atoms with van der Waals surface area (Å²) in [5, 5.41) is 0. The standard InChI is InChI=1S/C11H10NOS/c1-8-11(14-7-12-8)9-5-3-4-6-10(9)13-2/h3-6H,1-2H3. The van der Waals surface area contributed by atoms with Crippen LogP contribution in [0, 0.1) is 12.4 Å². The third kappa shape index (κ3) is 1.51. The van der Waals surface area contributed by atoms with Crippen molar-refractivity contribution in [2.24, 2.45) is 0 Å². The SMILES string of the molecule is COc1ccccc1-c1s[c]nc1C. The second-order valence-corrected chi connectivity index (χ2v) is 3.71. The molecule has 1 aromatic carbocycles. The second kappa shape index (κ2) is 3.80. The quantitative estimate of drug-likeness (QED) is 0.750. The van der Waals surface area contributed by atoms with Crippen LogP contribution in [0.3, 0.4) is 0 Å². The Morgan fingerprint density at radius 2 is 2.14 bits per heavy atom. The molecule has 0 amide bonds. The molecule has 0 N–H and O–H groups in total. The topological polar surface area (TPSA) is 22.1 Å². The largest absolute Gasteiger partial charge is 0.496 e. The van der Waals surface area contributed by atoms with Crippen LogP contribution in [0.1, 0.15) is 5.69 Å². The maximum Gasteiger partial charge on any atom is 0.153 e. The fourth-order valence-corrected chi connectivity index (χ4v) is 2.09. The van der Waals surface area contributed by atoms with Gasteiger partial charge in [-0.05, 0) is 19.1 Å². The number of benzene rings is 1. The van der Waals surface area contributed by atoms with Gasteiger partial charge in [0.1, 0.15) is 5.75 Å². The Morgan fingerprint density at radius 3 is 2.79 bits per heavy atom. The summed E-state index contributed by atoms with van der Waals surface area (Å²) in [6.45, 7) is 1.98. The zero-order chi connectivity index (χ0) is 9.97. The summed E-state index contributed by atoms with van der Waals surface area (Å²) in [5.41, 5.74) is 4.97. The highest BCUT2D eigenvalue weighted by molar-refractivity contribution is 7.13. The molecular formula is C11H10NOS. The minimum absolute atomic E-state index is 0.883. The van der Waals surface area contributed by atoms with Gasteiger partial charge in [-0.2, -0.15) is 0 Å². The van der Waals surface area contributed by atoms with Gasteiger partial charge in [0.15, 0.2) is 5.51 Å². The molecule has 0 atom stereocenters. The summed E-state index contributed by atoms with van der Waals surface area (Å²) in [6.07, 6.45) is 0. The van der Waals surface area contributed by atoms with E-state index < -0.39 is 0 Å². The molecule has 0 unspecified atom stereocenters. The number of thiazole rings is 1. The van der Waals surface area contributed by atoms with Gasteiger partial charge in [-0.25, -0.2) is 4.98 Å². The summed E-state index contributed by atoms with van der Waals surface area (Å²) >= 11 is 1.52. The first-order chi connectivity index (χ1) is 6.83. The summed E-state index contributed by atoms with van der Waals surface area (Å²) in [4.78, 5) is 5.23. The molecule has 0 aliphatic carbocycles. The van der Waals surface area contributed by atoms with Crippen molar-refractivity contribution in [3.63, 3.8) is 0 Å². The molecule has 1 radical (unpaired) electrons. The Labute approximate surface area is 87.2 Å². The van der Waals surface area contributed by atoms with Crippen molar-refractivity contribution in [3.8, 4) is 16.2 Å². The molecule has 2 rings (SSSR count). The fraction of sp³-hybridized carbons (Fsp3) is 0.182. The van der Waals surface area contributed by atoms with Crippen LogP contribution in [0.15, 0.2) is 24.3 Å². The van der Waals surface area contributed by atoms with E-state index in [1.165, 1.54) is 11.3 Å². The average molecular weight is 204 g/mol. The first kappa shape index (κ1) is 9.21. The zero-order valence-electron chi connectivity index (χ0n) is 8.07. The molecule has 2 nitrogen and oxygen atoms in total. The van der Waals surface area contributed by atoms with Gasteiger partial charge in [0.05, 0.1) is 17.7 Å². The lowest BCUT2D eigenvalue weighted by atomic mass is 10.1. The summed E-state index contributed by atoms with van der Waals surface area (Å²) in [6, 6.07) is 7.95. The van der Waals surface area contributed by atoms with Crippen molar-refractivity contribution in [1.29, 1.82) is 0 Å². The monoisotopic (exact) mass is 204 g/mol. The fourth-order valence-electron chi connectivity index (χ4n) is 1.34. The maximum atomic E-state index is 5.29. The Balaban J connectivity index is 2.56. The minimum Gasteiger partial charge on any atom is -0.496 e. The lowest BCUT2D eigenvalue weighted by Gasteiger charge is -2.05. The van der Waals surface area contributed by atoms with Gasteiger partial charge in [0.2, 0.25) is 0 Å². The third-order valence-corrected chi connectivity index (χ3v) is 2.94. The van der Waals surface area contributed by atoms with E-state index in [0.717, 1.165) is 21.9 Å². The second-order valence-electron chi connectivity index (χ2n) is 2.92. The predicted molar refractivity (Wildman–Crippen MR) is 57.7 cm³/mol. The molecule has 0 saturated carbocycles. The lowest BCUT2D eigenvalue weighted by Crippen LogP contribution is -1.86. The summed E-state index contributed by atoms with van der Waals surface area (Å²) in [7, 11) is 1.68. The molecule has 0 saturated heterocycles. The van der Waals surface area contributed by atoms with Gasteiger partial charge in [-0.15, -0.1) is 11.3 Å². The number of para-hydroxylation sites is 1. The van der Waals surface area contributed by atoms with E-state index in [9.17, 15) is 0 Å². The van der Waals surface area contributed by atoms with Crippen LogP contribution in [0.25, 0.3) is 10.4 Å². The molecule has 0 fully saturated rings. The van der Waals surface area contributed by atoms with Crippen LogP contribution >= 0.6 is 11.3 Å². The molecule has 0 aliphatic rings. The van der Waals surface area contributed by atoms with Crippen LogP contribution < -0.4 is 4.74 Å². The Morgan fingerprint density at radius 1 is 1.36 bits per heavy atom. The van der Waals surface area contributed by atoms with Crippen LogP contribution in [0.2, 0.25) is 0 Å². The maximum absolute atomic E-state index is 5.29. The van der Waals surface area contributed by atoms with Gasteiger partial charge in [0.25, 0.3) is 0 Å². The first-order valence-electron chi connectivity index (χ1n) is 4.30. The smallest absolute Gasteiger partial charge is 0.153 e. The van der Waals surface area contributed by atoms with Crippen LogP contribution in [0.4, 0.5) is 0 Å². The summed E-state index contributed by atoms with van der Waals surface area (Å²) in [5.74, 6) is 0.883. The Hall–Kier alpha value is -1.35.